The summed E-state index contributed by atoms with van der Waals surface area (Å²) in [6.07, 6.45) is 3.43. The molecular weight excluding hydrogens is 735 g/mol. The van der Waals surface area contributed by atoms with Gasteiger partial charge in [-0.05, 0) is 31.6 Å². The standard InChI is InChI=1S/C23H35N2.3C7H7.Hf/c1-8-9-13-24-21-17(6)14-18(7)22(21)25-23-19(15(2)3)11-10-12-20(23)16(4)5;3*1-7-5-3-2-4-6-7;/h10-12,15-17H,8-9,13-14H2,1-7H3;3*2-6H,1H2;/q4*-1;+4. The first-order chi connectivity index (χ1) is 22.0. The molecule has 1 aliphatic carbocycles. The first-order valence-electron chi connectivity index (χ1n) is 16.7. The van der Waals surface area contributed by atoms with Crippen LogP contribution in [-0.4, -0.2) is 12.3 Å². The summed E-state index contributed by atoms with van der Waals surface area (Å²) < 4.78 is 0. The van der Waals surface area contributed by atoms with E-state index in [4.69, 9.17) is 10.3 Å². The molecule has 0 aromatic heterocycles. The van der Waals surface area contributed by atoms with E-state index in [1.54, 1.807) is 0 Å². The topological polar surface area (TPSA) is 26.5 Å². The Kier molecular flexibility index (Phi) is 20.3. The van der Waals surface area contributed by atoms with Crippen LogP contribution in [-0.2, 0) is 25.8 Å². The predicted octanol–water partition coefficient (Wildman–Crippen LogP) is 13.1. The first-order valence-corrected chi connectivity index (χ1v) is 16.7. The minimum atomic E-state index is 0. The van der Waals surface area contributed by atoms with Crippen molar-refractivity contribution in [1.82, 2.24) is 0 Å². The maximum Gasteiger partial charge on any atom is 4.00 e. The fraction of sp³-hybridized carbons (Fsp3) is 0.318. The molecule has 1 atom stereocenters. The largest absolute Gasteiger partial charge is 4.00 e. The molecule has 3 heteroatoms. The fourth-order valence-electron chi connectivity index (χ4n) is 5.03. The summed E-state index contributed by atoms with van der Waals surface area (Å²) in [5.74, 6) is 1.43. The molecule has 0 fully saturated rings. The number of benzene rings is 4. The molecule has 47 heavy (non-hydrogen) atoms. The molecule has 5 rings (SSSR count). The summed E-state index contributed by atoms with van der Waals surface area (Å²) >= 11 is 0. The number of hydrogen-bond acceptors (Lipinski definition) is 1. The van der Waals surface area contributed by atoms with Gasteiger partial charge in [0.1, 0.15) is 0 Å². The Bertz CT molecular complexity index is 1340. The Morgan fingerprint density at radius 1 is 0.681 bits per heavy atom. The van der Waals surface area contributed by atoms with Crippen LogP contribution in [0.3, 0.4) is 0 Å². The van der Waals surface area contributed by atoms with Gasteiger partial charge in [0.15, 0.2) is 0 Å². The van der Waals surface area contributed by atoms with E-state index in [9.17, 15) is 0 Å². The number of para-hydroxylation sites is 1. The predicted molar refractivity (Wildman–Crippen MR) is 204 cm³/mol. The van der Waals surface area contributed by atoms with Gasteiger partial charge in [-0.1, -0.05) is 101 Å². The van der Waals surface area contributed by atoms with Crippen LogP contribution in [0.5, 0.6) is 0 Å². The second-order valence-electron chi connectivity index (χ2n) is 12.5. The number of rotatable bonds is 7. The van der Waals surface area contributed by atoms with Crippen LogP contribution in [0, 0.1) is 26.7 Å². The Hall–Kier alpha value is -3.43. The first kappa shape index (κ1) is 41.6. The Labute approximate surface area is 307 Å². The molecule has 1 unspecified atom stereocenters. The Balaban J connectivity index is 0.000000401. The van der Waals surface area contributed by atoms with Gasteiger partial charge in [0.05, 0.1) is 0 Å². The van der Waals surface area contributed by atoms with Gasteiger partial charge in [0.2, 0.25) is 0 Å². The molecule has 0 N–H and O–H groups in total. The molecule has 2 nitrogen and oxygen atoms in total. The van der Waals surface area contributed by atoms with E-state index in [1.807, 2.05) is 91.0 Å². The van der Waals surface area contributed by atoms with Crippen molar-refractivity contribution in [2.45, 2.75) is 79.6 Å². The zero-order chi connectivity index (χ0) is 33.9. The molecule has 0 radical (unpaired) electrons. The van der Waals surface area contributed by atoms with Crippen molar-refractivity contribution < 1.29 is 25.8 Å². The quantitative estimate of drug-likeness (QED) is 0.101. The third kappa shape index (κ3) is 15.3. The van der Waals surface area contributed by atoms with E-state index < -0.39 is 0 Å². The molecular formula is C44H56HfN2. The number of unbranched alkanes of at least 4 members (excludes halogenated alkanes) is 1. The van der Waals surface area contributed by atoms with Crippen LogP contribution in [0.25, 0.3) is 5.32 Å². The van der Waals surface area contributed by atoms with Crippen LogP contribution in [0.15, 0.2) is 125 Å². The summed E-state index contributed by atoms with van der Waals surface area (Å²) in [6, 6.07) is 36.3. The number of allylic oxidation sites excluding steroid dienone is 2. The normalized spacial score (nSPS) is 14.2. The molecule has 0 saturated heterocycles. The van der Waals surface area contributed by atoms with Crippen LogP contribution < -0.4 is 0 Å². The smallest absolute Gasteiger partial charge is 0.656 e. The van der Waals surface area contributed by atoms with Gasteiger partial charge in [-0.3, -0.25) is 4.99 Å². The number of nitrogens with zero attached hydrogens (tertiary/aromatic N) is 2. The molecule has 0 heterocycles. The molecule has 246 valence electrons. The van der Waals surface area contributed by atoms with E-state index in [0.717, 1.165) is 41.8 Å². The van der Waals surface area contributed by atoms with Crippen LogP contribution in [0.4, 0.5) is 5.69 Å². The molecule has 0 aliphatic heterocycles. The van der Waals surface area contributed by atoms with Crippen LogP contribution in [0.2, 0.25) is 0 Å². The summed E-state index contributed by atoms with van der Waals surface area (Å²) in [6.45, 7) is 27.8. The van der Waals surface area contributed by atoms with E-state index in [0.29, 0.717) is 17.8 Å². The molecule has 4 aromatic carbocycles. The van der Waals surface area contributed by atoms with Gasteiger partial charge in [-0.2, -0.15) is 73.9 Å². The molecule has 4 aromatic rings. The van der Waals surface area contributed by atoms with Crippen molar-refractivity contribution in [2.75, 3.05) is 6.54 Å². The van der Waals surface area contributed by atoms with Crippen molar-refractivity contribution in [1.29, 1.82) is 0 Å². The zero-order valence-corrected chi connectivity index (χ0v) is 33.6. The van der Waals surface area contributed by atoms with Gasteiger partial charge in [0.25, 0.3) is 0 Å². The second-order valence-corrected chi connectivity index (χ2v) is 12.5. The van der Waals surface area contributed by atoms with E-state index in [-0.39, 0.29) is 25.8 Å². The number of aliphatic imine (C=N–C) groups is 1. The minimum Gasteiger partial charge on any atom is -0.656 e. The van der Waals surface area contributed by atoms with E-state index in [1.165, 1.54) is 34.5 Å². The van der Waals surface area contributed by atoms with Gasteiger partial charge < -0.3 is 5.32 Å². The average Bonchev–Trinajstić information content (AvgIpc) is 3.30. The molecule has 0 bridgehead atoms. The third-order valence-electron chi connectivity index (χ3n) is 7.61. The van der Waals surface area contributed by atoms with Crippen molar-refractivity contribution in [2.24, 2.45) is 10.9 Å². The molecule has 1 aliphatic rings. The van der Waals surface area contributed by atoms with Gasteiger partial charge in [0, 0.05) is 18.2 Å². The zero-order valence-electron chi connectivity index (χ0n) is 30.0. The summed E-state index contributed by atoms with van der Waals surface area (Å²) in [5.41, 5.74) is 10.8. The molecule has 0 saturated carbocycles. The average molecular weight is 791 g/mol. The van der Waals surface area contributed by atoms with Gasteiger partial charge in [-0.15, -0.1) is 47.8 Å². The van der Waals surface area contributed by atoms with Crippen molar-refractivity contribution >= 4 is 11.4 Å². The van der Waals surface area contributed by atoms with Gasteiger partial charge >= 0.3 is 25.8 Å². The third-order valence-corrected chi connectivity index (χ3v) is 7.61. The summed E-state index contributed by atoms with van der Waals surface area (Å²) in [4.78, 5) is 4.94. The van der Waals surface area contributed by atoms with Gasteiger partial charge in [-0.25, -0.2) is 0 Å². The van der Waals surface area contributed by atoms with E-state index >= 15 is 0 Å². The maximum atomic E-state index is 5.24. The van der Waals surface area contributed by atoms with Crippen LogP contribution in [0.1, 0.15) is 107 Å². The minimum absolute atomic E-state index is 0. The van der Waals surface area contributed by atoms with Crippen molar-refractivity contribution in [3.05, 3.63) is 174 Å². The Morgan fingerprint density at radius 2 is 1.09 bits per heavy atom. The fourth-order valence-corrected chi connectivity index (χ4v) is 5.03. The second kappa shape index (κ2) is 23.0. The number of hydrogen-bond donors (Lipinski definition) is 0. The summed E-state index contributed by atoms with van der Waals surface area (Å²) in [7, 11) is 0. The van der Waals surface area contributed by atoms with Crippen molar-refractivity contribution in [3.8, 4) is 0 Å². The SMILES string of the molecule is CCCCN=C1C([N-]c2c(C(C)C)cccc2C(C)C)=C(C)CC1C.[CH2-]c1ccccc1.[CH2-]c1ccccc1.[CH2-]c1ccccc1.[Hf+4]. The molecule has 0 amide bonds. The molecule has 0 spiro atoms. The van der Waals surface area contributed by atoms with Crippen molar-refractivity contribution in [3.63, 3.8) is 0 Å². The summed E-state index contributed by atoms with van der Waals surface area (Å²) in [5, 5.41) is 5.24. The maximum absolute atomic E-state index is 5.24. The Morgan fingerprint density at radius 3 is 1.40 bits per heavy atom. The monoisotopic (exact) mass is 792 g/mol. The van der Waals surface area contributed by atoms with E-state index in [2.05, 4.69) is 87.4 Å². The van der Waals surface area contributed by atoms with Crippen LogP contribution >= 0.6 is 0 Å².